The predicted molar refractivity (Wildman–Crippen MR) is 273 cm³/mol. The highest BCUT2D eigenvalue weighted by atomic mass is 16.1. The minimum absolute atomic E-state index is 0.199. The number of aromatic nitrogens is 12. The number of rotatable bonds is 6. The number of H-pyrrole nitrogens is 2. The molecule has 9 aromatic rings. The molecule has 3 aliphatic rings. The van der Waals surface area contributed by atoms with Crippen molar-refractivity contribution >= 4 is 50.7 Å². The van der Waals surface area contributed by atoms with Gasteiger partial charge in [0.15, 0.2) is 11.3 Å². The Balaban J connectivity index is 0.000000120. The second-order valence-corrected chi connectivity index (χ2v) is 18.9. The van der Waals surface area contributed by atoms with E-state index in [1.54, 1.807) is 6.20 Å². The first-order valence-electron chi connectivity index (χ1n) is 24.3. The van der Waals surface area contributed by atoms with E-state index in [1.807, 2.05) is 45.2 Å². The minimum atomic E-state index is -0.426. The van der Waals surface area contributed by atoms with Crippen molar-refractivity contribution in [3.63, 3.8) is 0 Å². The van der Waals surface area contributed by atoms with Crippen molar-refractivity contribution in [1.29, 1.82) is 0 Å². The van der Waals surface area contributed by atoms with E-state index >= 15 is 0 Å². The van der Waals surface area contributed by atoms with Gasteiger partial charge in [0, 0.05) is 22.9 Å². The Labute approximate surface area is 398 Å². The van der Waals surface area contributed by atoms with Crippen LogP contribution in [0, 0.1) is 20.8 Å². The monoisotopic (exact) mass is 925 g/mol. The van der Waals surface area contributed by atoms with Gasteiger partial charge in [-0.25, -0.2) is 28.6 Å². The Morgan fingerprint density at radius 1 is 0.493 bits per heavy atom. The molecule has 0 saturated heterocycles. The van der Waals surface area contributed by atoms with E-state index in [9.17, 15) is 9.59 Å². The third-order valence-corrected chi connectivity index (χ3v) is 13.9. The molecule has 3 fully saturated rings. The fraction of sp³-hybridized carbons (Fsp3) is 0.365. The second-order valence-electron chi connectivity index (χ2n) is 18.9. The molecule has 3 saturated carbocycles. The SMILES string of the molecule is Cc1ccc(-c2nn(C3CCCC3)c3nc(=O)[nH]c(N)c23)cc1.Cc1ccc(-c2nn(C3CCCC3)c3nc(N)nc(N)c23)cc1.Cc1ccc(-c2nn(C3CCCCC3)c3[nH]c(=O)ncc23)cc1. The molecule has 0 spiro atoms. The standard InChI is InChI=1S/C18H20N4O.C17H20N6.C17H19N5O/c1-12-7-9-13(10-8-12)16-15-11-19-18(23)20-17(15)22(21-16)14-5-3-2-4-6-14;1-10-6-8-11(9-7-10)14-13-15(18)20-17(19)21-16(13)23(22-14)12-4-2-3-5-12;1-10-6-8-11(9-7-10)14-13-15(18)19-17(23)20-16(13)22(21-14)12-4-2-3-5-12/h7-11,14H,2-6H2,1H3,(H,19,20,23);6-9,12H,2-5H2,1H3,(H4,18,19,20,21);6-9,12H,2-5H2,1H3,(H3,18,19,20,23). The number of aryl methyl sites for hydroxylation is 3. The van der Waals surface area contributed by atoms with Gasteiger partial charge in [0.25, 0.3) is 0 Å². The smallest absolute Gasteiger partial charge is 0.348 e. The van der Waals surface area contributed by atoms with Gasteiger partial charge in [-0.05, 0) is 59.3 Å². The molecule has 69 heavy (non-hydrogen) atoms. The molecule has 17 nitrogen and oxygen atoms in total. The van der Waals surface area contributed by atoms with Gasteiger partial charge in [-0.2, -0.15) is 30.2 Å². The zero-order valence-electron chi connectivity index (χ0n) is 39.5. The van der Waals surface area contributed by atoms with Crippen molar-refractivity contribution in [2.45, 2.75) is 122 Å². The molecule has 0 bridgehead atoms. The maximum Gasteiger partial charge on any atom is 0.348 e. The summed E-state index contributed by atoms with van der Waals surface area (Å²) in [6, 6.07) is 25.8. The number of hydrogen-bond acceptors (Lipinski definition) is 12. The van der Waals surface area contributed by atoms with Crippen LogP contribution in [0.2, 0.25) is 0 Å². The van der Waals surface area contributed by atoms with Crippen LogP contribution < -0.4 is 28.6 Å². The number of benzene rings is 3. The van der Waals surface area contributed by atoms with E-state index < -0.39 is 5.69 Å². The topological polar surface area (TPSA) is 249 Å². The van der Waals surface area contributed by atoms with Gasteiger partial charge in [0.05, 0.1) is 34.3 Å². The summed E-state index contributed by atoms with van der Waals surface area (Å²) >= 11 is 0. The van der Waals surface area contributed by atoms with Gasteiger partial charge in [-0.1, -0.05) is 134 Å². The van der Waals surface area contributed by atoms with Crippen LogP contribution in [0.1, 0.15) is 118 Å². The zero-order chi connectivity index (χ0) is 47.8. The fourth-order valence-electron chi connectivity index (χ4n) is 10.3. The first-order chi connectivity index (χ1) is 33.5. The highest BCUT2D eigenvalue weighted by molar-refractivity contribution is 5.99. The van der Waals surface area contributed by atoms with Crippen LogP contribution in [0.4, 0.5) is 17.6 Å². The first kappa shape index (κ1) is 45.1. The van der Waals surface area contributed by atoms with Gasteiger partial charge in [0.2, 0.25) is 5.95 Å². The molecule has 17 heteroatoms. The predicted octanol–water partition coefficient (Wildman–Crippen LogP) is 9.47. The van der Waals surface area contributed by atoms with E-state index in [1.165, 1.54) is 61.6 Å². The van der Waals surface area contributed by atoms with E-state index in [-0.39, 0.29) is 11.6 Å². The molecule has 8 N–H and O–H groups in total. The number of nitrogens with zero attached hydrogens (tertiary/aromatic N) is 10. The van der Waals surface area contributed by atoms with E-state index in [0.717, 1.165) is 99.8 Å². The van der Waals surface area contributed by atoms with Gasteiger partial charge in [0.1, 0.15) is 34.4 Å². The molecule has 6 heterocycles. The van der Waals surface area contributed by atoms with Crippen LogP contribution in [-0.4, -0.2) is 59.2 Å². The van der Waals surface area contributed by atoms with E-state index in [2.05, 4.69) is 92.3 Å². The lowest BCUT2D eigenvalue weighted by molar-refractivity contribution is 0.336. The van der Waals surface area contributed by atoms with E-state index in [4.69, 9.17) is 32.5 Å². The maximum atomic E-state index is 11.8. The molecule has 3 aliphatic carbocycles. The van der Waals surface area contributed by atoms with Crippen LogP contribution >= 0.6 is 0 Å². The van der Waals surface area contributed by atoms with Crippen LogP contribution in [0.5, 0.6) is 0 Å². The molecular formula is C52H59N15O2. The lowest BCUT2D eigenvalue weighted by Crippen LogP contribution is -2.17. The molecule has 0 unspecified atom stereocenters. The molecule has 0 aliphatic heterocycles. The molecule has 354 valence electrons. The molecular weight excluding hydrogens is 867 g/mol. The van der Waals surface area contributed by atoms with Gasteiger partial charge < -0.3 is 17.2 Å². The number of fused-ring (bicyclic) bond motifs is 3. The highest BCUT2D eigenvalue weighted by Crippen LogP contribution is 2.39. The molecule has 3 aromatic carbocycles. The van der Waals surface area contributed by atoms with Gasteiger partial charge >= 0.3 is 11.4 Å². The summed E-state index contributed by atoms with van der Waals surface area (Å²) in [6.45, 7) is 6.19. The van der Waals surface area contributed by atoms with Crippen LogP contribution in [-0.2, 0) is 0 Å². The van der Waals surface area contributed by atoms with Crippen LogP contribution in [0.3, 0.4) is 0 Å². The number of nitrogens with one attached hydrogen (secondary N) is 2. The molecule has 12 rings (SSSR count). The number of hydrogen-bond donors (Lipinski definition) is 5. The van der Waals surface area contributed by atoms with E-state index in [0.29, 0.717) is 35.4 Å². The maximum absolute atomic E-state index is 11.8. The Morgan fingerprint density at radius 2 is 0.928 bits per heavy atom. The fourth-order valence-corrected chi connectivity index (χ4v) is 10.3. The zero-order valence-corrected chi connectivity index (χ0v) is 39.5. The molecule has 0 radical (unpaired) electrons. The normalized spacial score (nSPS) is 15.7. The average Bonchev–Trinajstić information content (AvgIpc) is 4.21. The summed E-state index contributed by atoms with van der Waals surface area (Å²) in [5.41, 5.74) is 28.7. The minimum Gasteiger partial charge on any atom is -0.384 e. The summed E-state index contributed by atoms with van der Waals surface area (Å²) in [5, 5.41) is 17.0. The van der Waals surface area contributed by atoms with Crippen molar-refractivity contribution in [1.82, 2.24) is 59.2 Å². The van der Waals surface area contributed by atoms with Crippen molar-refractivity contribution in [3.05, 3.63) is 117 Å². The molecule has 6 aromatic heterocycles. The van der Waals surface area contributed by atoms with Crippen LogP contribution in [0.25, 0.3) is 66.9 Å². The Hall–Kier alpha value is -7.69. The Kier molecular flexibility index (Phi) is 12.5. The Morgan fingerprint density at radius 3 is 1.45 bits per heavy atom. The summed E-state index contributed by atoms with van der Waals surface area (Å²) in [7, 11) is 0. The number of anilines is 3. The van der Waals surface area contributed by atoms with Crippen molar-refractivity contribution < 1.29 is 0 Å². The Bertz CT molecular complexity index is 3380. The highest BCUT2D eigenvalue weighted by Gasteiger charge is 2.27. The van der Waals surface area contributed by atoms with Gasteiger partial charge in [-0.15, -0.1) is 0 Å². The van der Waals surface area contributed by atoms with Crippen LogP contribution in [0.15, 0.2) is 88.6 Å². The third kappa shape index (κ3) is 9.20. The van der Waals surface area contributed by atoms with Crippen molar-refractivity contribution in [2.75, 3.05) is 17.2 Å². The third-order valence-electron chi connectivity index (χ3n) is 13.9. The van der Waals surface area contributed by atoms with Crippen molar-refractivity contribution in [3.8, 4) is 33.8 Å². The first-order valence-corrected chi connectivity index (χ1v) is 24.3. The summed E-state index contributed by atoms with van der Waals surface area (Å²) < 4.78 is 5.93. The lowest BCUT2D eigenvalue weighted by atomic mass is 9.96. The molecule has 0 amide bonds. The summed E-state index contributed by atoms with van der Waals surface area (Å²) in [4.78, 5) is 45.6. The summed E-state index contributed by atoms with van der Waals surface area (Å²) in [5.74, 6) is 0.928. The summed E-state index contributed by atoms with van der Waals surface area (Å²) in [6.07, 6.45) is 16.8. The lowest BCUT2D eigenvalue weighted by Gasteiger charge is -2.22. The number of aromatic amines is 2. The second kappa shape index (κ2) is 19.1. The largest absolute Gasteiger partial charge is 0.384 e. The van der Waals surface area contributed by atoms with Crippen molar-refractivity contribution in [2.24, 2.45) is 0 Å². The number of nitrogen functional groups attached to an aromatic ring is 3. The quantitative estimate of drug-likeness (QED) is 0.105. The average molecular weight is 926 g/mol. The number of nitrogens with two attached hydrogens (primary N) is 3. The van der Waals surface area contributed by atoms with Gasteiger partial charge in [-0.3, -0.25) is 9.97 Å². The molecule has 0 atom stereocenters.